The summed E-state index contributed by atoms with van der Waals surface area (Å²) >= 11 is 3.29. The Bertz CT molecular complexity index is 738. The number of anilines is 2. The number of amides is 1. The van der Waals surface area contributed by atoms with Crippen molar-refractivity contribution in [3.8, 4) is 11.8 Å². The quantitative estimate of drug-likeness (QED) is 0.836. The van der Waals surface area contributed by atoms with Crippen molar-refractivity contribution in [3.63, 3.8) is 0 Å². The summed E-state index contributed by atoms with van der Waals surface area (Å²) in [6, 6.07) is 11.8. The number of halogens is 1. The first-order chi connectivity index (χ1) is 10.0. The lowest BCUT2D eigenvalue weighted by molar-refractivity contribution is 0.102. The van der Waals surface area contributed by atoms with Crippen LogP contribution in [0.1, 0.15) is 15.9 Å². The zero-order chi connectivity index (χ0) is 15.4. The van der Waals surface area contributed by atoms with Crippen molar-refractivity contribution in [1.82, 2.24) is 0 Å². The summed E-state index contributed by atoms with van der Waals surface area (Å²) in [5.74, 6) is 0.0705. The van der Waals surface area contributed by atoms with Gasteiger partial charge >= 0.3 is 0 Å². The van der Waals surface area contributed by atoms with Gasteiger partial charge in [0.1, 0.15) is 5.75 Å². The molecule has 0 atom stereocenters. The van der Waals surface area contributed by atoms with Crippen LogP contribution in [0, 0.1) is 11.3 Å². The molecule has 0 spiro atoms. The molecule has 0 radical (unpaired) electrons. The number of ether oxygens (including phenoxy) is 1. The molecular weight excluding hydrogens is 334 g/mol. The summed E-state index contributed by atoms with van der Waals surface area (Å²) in [7, 11) is 1.47. The van der Waals surface area contributed by atoms with Crippen LogP contribution in [0.4, 0.5) is 11.4 Å². The highest BCUT2D eigenvalue weighted by Crippen LogP contribution is 2.27. The van der Waals surface area contributed by atoms with Crippen molar-refractivity contribution in [2.45, 2.75) is 0 Å². The number of hydrogen-bond donors (Lipinski definition) is 2. The number of nitrogens with two attached hydrogens (primary N) is 1. The van der Waals surface area contributed by atoms with E-state index in [1.165, 1.54) is 7.11 Å². The lowest BCUT2D eigenvalue weighted by Gasteiger charge is -2.11. The molecule has 0 saturated carbocycles. The molecule has 106 valence electrons. The van der Waals surface area contributed by atoms with Gasteiger partial charge in [0.25, 0.3) is 5.91 Å². The molecule has 0 saturated heterocycles. The van der Waals surface area contributed by atoms with Crippen LogP contribution in [0.3, 0.4) is 0 Å². The molecular formula is C15H12BrN3O2. The Morgan fingerprint density at radius 2 is 2.10 bits per heavy atom. The zero-order valence-corrected chi connectivity index (χ0v) is 12.8. The van der Waals surface area contributed by atoms with E-state index in [1.807, 2.05) is 6.07 Å². The van der Waals surface area contributed by atoms with E-state index < -0.39 is 0 Å². The van der Waals surface area contributed by atoms with Gasteiger partial charge in [0.05, 0.1) is 30.0 Å². The van der Waals surface area contributed by atoms with E-state index in [0.717, 1.165) is 4.47 Å². The summed E-state index contributed by atoms with van der Waals surface area (Å²) in [4.78, 5) is 12.2. The summed E-state index contributed by atoms with van der Waals surface area (Å²) in [6.07, 6.45) is 0. The second-order valence-electron chi connectivity index (χ2n) is 4.21. The minimum absolute atomic E-state index is 0.344. The summed E-state index contributed by atoms with van der Waals surface area (Å²) in [6.45, 7) is 0. The van der Waals surface area contributed by atoms with Crippen molar-refractivity contribution >= 4 is 33.2 Å². The first-order valence-corrected chi connectivity index (χ1v) is 6.79. The number of carbonyl (C=O) groups is 1. The van der Waals surface area contributed by atoms with Crippen LogP contribution < -0.4 is 15.8 Å². The minimum Gasteiger partial charge on any atom is -0.495 e. The van der Waals surface area contributed by atoms with Crippen molar-refractivity contribution in [2.24, 2.45) is 0 Å². The molecule has 2 rings (SSSR count). The normalized spacial score (nSPS) is 9.76. The van der Waals surface area contributed by atoms with Gasteiger partial charge in [-0.05, 0) is 30.3 Å². The number of nitriles is 1. The maximum absolute atomic E-state index is 12.2. The van der Waals surface area contributed by atoms with E-state index in [9.17, 15) is 4.79 Å². The topological polar surface area (TPSA) is 88.1 Å². The third-order valence-electron chi connectivity index (χ3n) is 2.84. The highest BCUT2D eigenvalue weighted by molar-refractivity contribution is 9.10. The van der Waals surface area contributed by atoms with Gasteiger partial charge in [-0.1, -0.05) is 15.9 Å². The SMILES string of the molecule is COc1cc(C#N)ccc1NC(=O)c1ccc(Br)cc1N. The van der Waals surface area contributed by atoms with Gasteiger partial charge in [0.2, 0.25) is 0 Å². The molecule has 3 N–H and O–H groups in total. The largest absolute Gasteiger partial charge is 0.495 e. The molecule has 1 amide bonds. The average molecular weight is 346 g/mol. The van der Waals surface area contributed by atoms with Gasteiger partial charge in [-0.2, -0.15) is 5.26 Å². The van der Waals surface area contributed by atoms with E-state index in [-0.39, 0.29) is 5.91 Å². The maximum Gasteiger partial charge on any atom is 0.257 e. The van der Waals surface area contributed by atoms with Crippen molar-refractivity contribution < 1.29 is 9.53 Å². The lowest BCUT2D eigenvalue weighted by atomic mass is 10.1. The summed E-state index contributed by atoms with van der Waals surface area (Å²) in [5.41, 5.74) is 7.49. The fourth-order valence-corrected chi connectivity index (χ4v) is 2.17. The molecule has 21 heavy (non-hydrogen) atoms. The summed E-state index contributed by atoms with van der Waals surface area (Å²) in [5, 5.41) is 11.6. The van der Waals surface area contributed by atoms with E-state index >= 15 is 0 Å². The Morgan fingerprint density at radius 1 is 1.33 bits per heavy atom. The number of methoxy groups -OCH3 is 1. The molecule has 0 aliphatic rings. The first kappa shape index (κ1) is 14.9. The van der Waals surface area contributed by atoms with E-state index in [0.29, 0.717) is 28.3 Å². The minimum atomic E-state index is -0.344. The van der Waals surface area contributed by atoms with Crippen LogP contribution in [0.25, 0.3) is 0 Å². The van der Waals surface area contributed by atoms with Crippen LogP contribution in [-0.2, 0) is 0 Å². The number of nitrogens with one attached hydrogen (secondary N) is 1. The van der Waals surface area contributed by atoms with E-state index in [1.54, 1.807) is 36.4 Å². The molecule has 2 aromatic rings. The Hall–Kier alpha value is -2.52. The summed E-state index contributed by atoms with van der Waals surface area (Å²) < 4.78 is 5.97. The number of rotatable bonds is 3. The molecule has 6 heteroatoms. The zero-order valence-electron chi connectivity index (χ0n) is 11.2. The maximum atomic E-state index is 12.2. The second kappa shape index (κ2) is 6.29. The molecule has 0 fully saturated rings. The smallest absolute Gasteiger partial charge is 0.257 e. The van der Waals surface area contributed by atoms with E-state index in [2.05, 4.69) is 21.2 Å². The third-order valence-corrected chi connectivity index (χ3v) is 3.33. The third kappa shape index (κ3) is 3.33. The van der Waals surface area contributed by atoms with Crippen LogP contribution in [0.5, 0.6) is 5.75 Å². The van der Waals surface area contributed by atoms with Gasteiger partial charge in [0.15, 0.2) is 0 Å². The highest BCUT2D eigenvalue weighted by Gasteiger charge is 2.13. The van der Waals surface area contributed by atoms with Crippen LogP contribution in [-0.4, -0.2) is 13.0 Å². The average Bonchev–Trinajstić information content (AvgIpc) is 2.47. The van der Waals surface area contributed by atoms with Crippen LogP contribution >= 0.6 is 15.9 Å². The Morgan fingerprint density at radius 3 is 2.71 bits per heavy atom. The number of hydrogen-bond acceptors (Lipinski definition) is 4. The fourth-order valence-electron chi connectivity index (χ4n) is 1.79. The number of nitrogens with zero attached hydrogens (tertiary/aromatic N) is 1. The molecule has 0 aliphatic heterocycles. The van der Waals surface area contributed by atoms with Crippen LogP contribution in [0.15, 0.2) is 40.9 Å². The van der Waals surface area contributed by atoms with Gasteiger partial charge in [0, 0.05) is 16.2 Å². The molecule has 5 nitrogen and oxygen atoms in total. The molecule has 0 aromatic heterocycles. The molecule has 0 unspecified atom stereocenters. The molecule has 2 aromatic carbocycles. The van der Waals surface area contributed by atoms with Crippen molar-refractivity contribution in [3.05, 3.63) is 52.0 Å². The number of benzene rings is 2. The highest BCUT2D eigenvalue weighted by atomic mass is 79.9. The predicted molar refractivity (Wildman–Crippen MR) is 84.2 cm³/mol. The van der Waals surface area contributed by atoms with Gasteiger partial charge in [-0.25, -0.2) is 0 Å². The Balaban J connectivity index is 2.29. The Kier molecular flexibility index (Phi) is 4.45. The number of nitrogen functional groups attached to an aromatic ring is 1. The molecule has 0 aliphatic carbocycles. The van der Waals surface area contributed by atoms with Gasteiger partial charge < -0.3 is 15.8 Å². The monoisotopic (exact) mass is 345 g/mol. The molecule has 0 bridgehead atoms. The fraction of sp³-hybridized carbons (Fsp3) is 0.0667. The number of carbonyl (C=O) groups excluding carboxylic acids is 1. The van der Waals surface area contributed by atoms with Gasteiger partial charge in [-0.3, -0.25) is 4.79 Å². The van der Waals surface area contributed by atoms with Crippen LogP contribution in [0.2, 0.25) is 0 Å². The predicted octanol–water partition coefficient (Wildman–Crippen LogP) is 3.16. The van der Waals surface area contributed by atoms with Gasteiger partial charge in [-0.15, -0.1) is 0 Å². The first-order valence-electron chi connectivity index (χ1n) is 5.99. The Labute approximate surface area is 130 Å². The second-order valence-corrected chi connectivity index (χ2v) is 5.13. The van der Waals surface area contributed by atoms with Crippen molar-refractivity contribution in [2.75, 3.05) is 18.2 Å². The van der Waals surface area contributed by atoms with E-state index in [4.69, 9.17) is 15.7 Å². The lowest BCUT2D eigenvalue weighted by Crippen LogP contribution is -2.14. The van der Waals surface area contributed by atoms with Crippen molar-refractivity contribution in [1.29, 1.82) is 5.26 Å². The molecule has 0 heterocycles. The standard InChI is InChI=1S/C15H12BrN3O2/c1-21-14-6-9(8-17)2-5-13(14)19-15(20)11-4-3-10(16)7-12(11)18/h2-7H,18H2,1H3,(H,19,20).